The van der Waals surface area contributed by atoms with E-state index in [0.29, 0.717) is 18.0 Å². The van der Waals surface area contributed by atoms with Gasteiger partial charge in [0.25, 0.3) is 0 Å². The quantitative estimate of drug-likeness (QED) is 0.599. The Balaban J connectivity index is 2.35. The fourth-order valence-corrected chi connectivity index (χ4v) is 3.92. The van der Waals surface area contributed by atoms with E-state index in [1.165, 1.54) is 11.8 Å². The van der Waals surface area contributed by atoms with Gasteiger partial charge < -0.3 is 5.73 Å². The Kier molecular flexibility index (Phi) is 6.36. The number of para-hydroxylation sites is 1. The van der Waals surface area contributed by atoms with E-state index >= 15 is 0 Å². The molecule has 0 saturated heterocycles. The predicted octanol–water partition coefficient (Wildman–Crippen LogP) is 2.72. The summed E-state index contributed by atoms with van der Waals surface area (Å²) in [5, 5.41) is 0. The fraction of sp³-hybridized carbons (Fsp3) is 0.571. The van der Waals surface area contributed by atoms with Crippen molar-refractivity contribution >= 4 is 27.5 Å². The summed E-state index contributed by atoms with van der Waals surface area (Å²) in [6, 6.07) is 7.48. The molecule has 3 N–H and O–H groups in total. The molecular weight excluding hydrogens is 292 g/mol. The third-order valence-electron chi connectivity index (χ3n) is 2.73. The minimum Gasteiger partial charge on any atom is -0.398 e. The highest BCUT2D eigenvalue weighted by Gasteiger charge is 2.14. The number of anilines is 1. The van der Waals surface area contributed by atoms with Crippen LogP contribution in [0.3, 0.4) is 0 Å². The van der Waals surface area contributed by atoms with Crippen molar-refractivity contribution < 1.29 is 8.42 Å². The zero-order valence-electron chi connectivity index (χ0n) is 12.3. The molecule has 1 aromatic rings. The van der Waals surface area contributed by atoms with E-state index in [1.807, 2.05) is 24.3 Å². The van der Waals surface area contributed by atoms with Gasteiger partial charge in [-0.15, -0.1) is 11.8 Å². The molecule has 1 rings (SSSR count). The second-order valence-corrected chi connectivity index (χ2v) is 8.97. The number of benzene rings is 1. The van der Waals surface area contributed by atoms with Crippen molar-refractivity contribution in [1.29, 1.82) is 0 Å². The van der Waals surface area contributed by atoms with E-state index in [1.54, 1.807) is 0 Å². The van der Waals surface area contributed by atoms with E-state index in [4.69, 9.17) is 5.73 Å². The average Bonchev–Trinajstić information content (AvgIpc) is 2.29. The SMILES string of the molecule is CC(C)(C)CCNS(=O)(=O)CCSc1ccccc1N. The Morgan fingerprint density at radius 2 is 1.90 bits per heavy atom. The Morgan fingerprint density at radius 3 is 2.50 bits per heavy atom. The number of nitrogens with one attached hydrogen (secondary N) is 1. The molecule has 0 aliphatic carbocycles. The lowest BCUT2D eigenvalue weighted by atomic mass is 9.93. The summed E-state index contributed by atoms with van der Waals surface area (Å²) in [6.07, 6.45) is 0.824. The van der Waals surface area contributed by atoms with Gasteiger partial charge in [0.2, 0.25) is 10.0 Å². The molecule has 0 fully saturated rings. The van der Waals surface area contributed by atoms with Crippen molar-refractivity contribution in [2.75, 3.05) is 23.8 Å². The number of nitrogen functional groups attached to an aromatic ring is 1. The van der Waals surface area contributed by atoms with Crippen LogP contribution >= 0.6 is 11.8 Å². The van der Waals surface area contributed by atoms with Crippen molar-refractivity contribution in [1.82, 2.24) is 4.72 Å². The lowest BCUT2D eigenvalue weighted by Crippen LogP contribution is -2.30. The molecule has 0 saturated carbocycles. The molecule has 0 unspecified atom stereocenters. The van der Waals surface area contributed by atoms with E-state index in [-0.39, 0.29) is 11.2 Å². The van der Waals surface area contributed by atoms with Crippen LogP contribution in [0, 0.1) is 5.41 Å². The highest BCUT2D eigenvalue weighted by Crippen LogP contribution is 2.24. The molecular formula is C14H24N2O2S2. The van der Waals surface area contributed by atoms with Crippen molar-refractivity contribution in [3.8, 4) is 0 Å². The van der Waals surface area contributed by atoms with E-state index in [0.717, 1.165) is 11.3 Å². The molecule has 0 amide bonds. The number of hydrogen-bond acceptors (Lipinski definition) is 4. The van der Waals surface area contributed by atoms with Crippen molar-refractivity contribution in [3.05, 3.63) is 24.3 Å². The first-order valence-electron chi connectivity index (χ1n) is 6.64. The maximum atomic E-state index is 11.8. The maximum absolute atomic E-state index is 11.8. The zero-order valence-corrected chi connectivity index (χ0v) is 14.0. The monoisotopic (exact) mass is 316 g/mol. The first kappa shape index (κ1) is 17.3. The van der Waals surface area contributed by atoms with Gasteiger partial charge in [-0.2, -0.15) is 0 Å². The van der Waals surface area contributed by atoms with Gasteiger partial charge in [0, 0.05) is 22.9 Å². The van der Waals surface area contributed by atoms with Crippen LogP contribution < -0.4 is 10.5 Å². The second-order valence-electron chi connectivity index (χ2n) is 5.91. The molecule has 0 heterocycles. The number of nitrogens with two attached hydrogens (primary N) is 1. The minimum atomic E-state index is -3.20. The van der Waals surface area contributed by atoms with Gasteiger partial charge in [0.1, 0.15) is 0 Å². The molecule has 0 atom stereocenters. The van der Waals surface area contributed by atoms with E-state index in [9.17, 15) is 8.42 Å². The smallest absolute Gasteiger partial charge is 0.212 e. The summed E-state index contributed by atoms with van der Waals surface area (Å²) in [6.45, 7) is 6.77. The third kappa shape index (κ3) is 7.17. The minimum absolute atomic E-state index is 0.107. The first-order chi connectivity index (χ1) is 9.20. The Labute approximate surface area is 126 Å². The first-order valence-corrected chi connectivity index (χ1v) is 9.28. The molecule has 114 valence electrons. The van der Waals surface area contributed by atoms with Gasteiger partial charge >= 0.3 is 0 Å². The highest BCUT2D eigenvalue weighted by atomic mass is 32.2. The summed E-state index contributed by atoms with van der Waals surface area (Å²) in [4.78, 5) is 0.928. The largest absolute Gasteiger partial charge is 0.398 e. The van der Waals surface area contributed by atoms with Crippen molar-refractivity contribution in [3.63, 3.8) is 0 Å². The molecule has 20 heavy (non-hydrogen) atoms. The lowest BCUT2D eigenvalue weighted by molar-refractivity contribution is 0.378. The molecule has 0 bridgehead atoms. The van der Waals surface area contributed by atoms with Crippen LogP contribution in [0.2, 0.25) is 0 Å². The van der Waals surface area contributed by atoms with Gasteiger partial charge in [0.05, 0.1) is 5.75 Å². The average molecular weight is 316 g/mol. The molecule has 1 aromatic carbocycles. The van der Waals surface area contributed by atoms with Crippen LogP contribution in [-0.4, -0.2) is 26.5 Å². The lowest BCUT2D eigenvalue weighted by Gasteiger charge is -2.18. The maximum Gasteiger partial charge on any atom is 0.212 e. The van der Waals surface area contributed by atoms with Crippen molar-refractivity contribution in [2.24, 2.45) is 5.41 Å². The molecule has 0 aromatic heterocycles. The summed E-state index contributed by atoms with van der Waals surface area (Å²) in [5.41, 5.74) is 6.64. The number of sulfonamides is 1. The standard InChI is InChI=1S/C14H24N2O2S2/c1-14(2,3)8-9-16-20(17,18)11-10-19-13-7-5-4-6-12(13)15/h4-7,16H,8-11,15H2,1-3H3. The summed E-state index contributed by atoms with van der Waals surface area (Å²) < 4.78 is 26.3. The molecule has 0 aliphatic heterocycles. The van der Waals surface area contributed by atoms with E-state index in [2.05, 4.69) is 25.5 Å². The van der Waals surface area contributed by atoms with Gasteiger partial charge in [0.15, 0.2) is 0 Å². The molecule has 0 radical (unpaired) electrons. The van der Waals surface area contributed by atoms with Crippen LogP contribution in [0.4, 0.5) is 5.69 Å². The number of hydrogen-bond donors (Lipinski definition) is 2. The van der Waals surface area contributed by atoms with Gasteiger partial charge in [-0.3, -0.25) is 0 Å². The fourth-order valence-electron chi connectivity index (χ4n) is 1.53. The predicted molar refractivity (Wildman–Crippen MR) is 87.4 cm³/mol. The van der Waals surface area contributed by atoms with Crippen LogP contribution in [0.25, 0.3) is 0 Å². The Morgan fingerprint density at radius 1 is 1.25 bits per heavy atom. The van der Waals surface area contributed by atoms with Gasteiger partial charge in [-0.25, -0.2) is 13.1 Å². The molecule has 0 aliphatic rings. The van der Waals surface area contributed by atoms with Gasteiger partial charge in [-0.1, -0.05) is 32.9 Å². The highest BCUT2D eigenvalue weighted by molar-refractivity contribution is 8.00. The normalized spacial score (nSPS) is 12.6. The Hall–Kier alpha value is -0.720. The summed E-state index contributed by atoms with van der Waals surface area (Å²) in [5.74, 6) is 0.606. The topological polar surface area (TPSA) is 72.2 Å². The second kappa shape index (κ2) is 7.33. The van der Waals surface area contributed by atoms with Gasteiger partial charge in [-0.05, 0) is 24.0 Å². The molecule has 6 heteroatoms. The molecule has 0 spiro atoms. The number of thioether (sulfide) groups is 1. The third-order valence-corrected chi connectivity index (χ3v) is 5.46. The van der Waals surface area contributed by atoms with Crippen LogP contribution in [0.15, 0.2) is 29.2 Å². The number of rotatable bonds is 7. The van der Waals surface area contributed by atoms with Crippen LogP contribution in [0.1, 0.15) is 27.2 Å². The summed E-state index contributed by atoms with van der Waals surface area (Å²) in [7, 11) is -3.20. The van der Waals surface area contributed by atoms with Crippen LogP contribution in [-0.2, 0) is 10.0 Å². The van der Waals surface area contributed by atoms with Crippen LogP contribution in [0.5, 0.6) is 0 Å². The van der Waals surface area contributed by atoms with E-state index < -0.39 is 10.0 Å². The molecule has 4 nitrogen and oxygen atoms in total. The summed E-state index contributed by atoms with van der Waals surface area (Å²) >= 11 is 1.47. The Bertz CT molecular complexity index is 522. The van der Waals surface area contributed by atoms with Crippen molar-refractivity contribution in [2.45, 2.75) is 32.1 Å². The zero-order chi connectivity index (χ0) is 15.2.